The molecule has 0 bridgehead atoms. The zero-order chi connectivity index (χ0) is 20.4. The number of aromatic nitrogens is 2. The van der Waals surface area contributed by atoms with E-state index < -0.39 is 0 Å². The Morgan fingerprint density at radius 3 is 2.21 bits per heavy atom. The summed E-state index contributed by atoms with van der Waals surface area (Å²) in [7, 11) is 0. The van der Waals surface area contributed by atoms with Crippen LogP contribution in [0.25, 0.3) is 34.4 Å². The summed E-state index contributed by atoms with van der Waals surface area (Å²) in [5.41, 5.74) is 9.17. The fourth-order valence-electron chi connectivity index (χ4n) is 3.43. The molecular weight excluding hydrogens is 352 g/mol. The third-order valence-corrected chi connectivity index (χ3v) is 5.28. The molecule has 0 aliphatic carbocycles. The molecule has 144 valence electrons. The van der Waals surface area contributed by atoms with Crippen LogP contribution in [0, 0.1) is 0 Å². The highest BCUT2D eigenvalue weighted by Gasteiger charge is 2.06. The number of hydrogen-bond acceptors (Lipinski definition) is 1. The highest BCUT2D eigenvalue weighted by Crippen LogP contribution is 2.23. The molecule has 0 aliphatic heterocycles. The van der Waals surface area contributed by atoms with Gasteiger partial charge in [-0.2, -0.15) is 0 Å². The van der Waals surface area contributed by atoms with E-state index in [-0.39, 0.29) is 0 Å². The second-order valence-corrected chi connectivity index (χ2v) is 7.84. The lowest BCUT2D eigenvalue weighted by Gasteiger charge is -2.08. The Kier molecular flexibility index (Phi) is 5.18. The predicted octanol–water partition coefficient (Wildman–Crippen LogP) is 7.35. The molecule has 0 atom stereocenters. The maximum Gasteiger partial charge on any atom is 0.100 e. The van der Waals surface area contributed by atoms with E-state index in [9.17, 15) is 0 Å². The van der Waals surface area contributed by atoms with E-state index in [4.69, 9.17) is 0 Å². The average molecular weight is 379 g/mol. The van der Waals surface area contributed by atoms with Gasteiger partial charge in [0.05, 0.1) is 11.0 Å². The van der Waals surface area contributed by atoms with Gasteiger partial charge in [-0.3, -0.25) is 4.57 Å². The van der Waals surface area contributed by atoms with E-state index in [2.05, 4.69) is 109 Å². The highest BCUT2D eigenvalue weighted by molar-refractivity contribution is 5.82. The average Bonchev–Trinajstić information content (AvgIpc) is 3.16. The monoisotopic (exact) mass is 378 g/mol. The van der Waals surface area contributed by atoms with Gasteiger partial charge in [-0.25, -0.2) is 4.98 Å². The summed E-state index contributed by atoms with van der Waals surface area (Å²) in [6, 6.07) is 23.6. The normalized spacial score (nSPS) is 11.6. The topological polar surface area (TPSA) is 17.8 Å². The fourth-order valence-corrected chi connectivity index (χ4v) is 3.43. The van der Waals surface area contributed by atoms with Gasteiger partial charge in [0.25, 0.3) is 0 Å². The molecule has 29 heavy (non-hydrogen) atoms. The van der Waals surface area contributed by atoms with Crippen LogP contribution < -0.4 is 0 Å². The Bertz CT molecular complexity index is 1170. The summed E-state index contributed by atoms with van der Waals surface area (Å²) in [5.74, 6) is 0.537. The first-order chi connectivity index (χ1) is 14.0. The number of hydrogen-bond donors (Lipinski definition) is 0. The van der Waals surface area contributed by atoms with E-state index in [0.29, 0.717) is 5.92 Å². The maximum absolute atomic E-state index is 4.62. The van der Waals surface area contributed by atoms with Crippen molar-refractivity contribution in [2.75, 3.05) is 0 Å². The van der Waals surface area contributed by atoms with Gasteiger partial charge in [0.2, 0.25) is 0 Å². The molecule has 2 heteroatoms. The van der Waals surface area contributed by atoms with Crippen molar-refractivity contribution in [2.24, 2.45) is 0 Å². The molecule has 0 radical (unpaired) electrons. The Labute approximate surface area is 172 Å². The van der Waals surface area contributed by atoms with Crippen molar-refractivity contribution in [3.05, 3.63) is 102 Å². The third kappa shape index (κ3) is 4.07. The van der Waals surface area contributed by atoms with E-state index in [1.54, 1.807) is 0 Å². The summed E-state index contributed by atoms with van der Waals surface area (Å²) in [6.45, 7) is 10.4. The molecule has 4 rings (SSSR count). The van der Waals surface area contributed by atoms with Crippen molar-refractivity contribution in [1.82, 2.24) is 9.55 Å². The lowest BCUT2D eigenvalue weighted by Crippen LogP contribution is -1.93. The molecule has 0 amide bonds. The van der Waals surface area contributed by atoms with Crippen LogP contribution in [0.5, 0.6) is 0 Å². The standard InChI is InChI=1S/C27H26N2/c1-19(2)23-10-7-21(8-11-23)5-6-22-9-16-27-26(17-22)28-18-29(27)25-14-12-24(13-15-25)20(3)4/h5-18,20H,1H2,2-4H3/b6-5-. The number of imidazole rings is 1. The minimum absolute atomic E-state index is 0.537. The Morgan fingerprint density at radius 2 is 1.55 bits per heavy atom. The Morgan fingerprint density at radius 1 is 0.897 bits per heavy atom. The third-order valence-electron chi connectivity index (χ3n) is 5.28. The molecule has 1 heterocycles. The van der Waals surface area contributed by atoms with Crippen LogP contribution in [0.2, 0.25) is 0 Å². The number of fused-ring (bicyclic) bond motifs is 1. The largest absolute Gasteiger partial charge is 0.299 e. The molecule has 0 N–H and O–H groups in total. The van der Waals surface area contributed by atoms with Crippen molar-refractivity contribution in [2.45, 2.75) is 26.7 Å². The number of rotatable bonds is 5. The van der Waals surface area contributed by atoms with Crippen LogP contribution in [-0.2, 0) is 0 Å². The van der Waals surface area contributed by atoms with E-state index in [1.807, 2.05) is 13.3 Å². The Balaban J connectivity index is 1.58. The molecule has 1 aromatic heterocycles. The minimum Gasteiger partial charge on any atom is -0.299 e. The molecule has 0 saturated heterocycles. The van der Waals surface area contributed by atoms with Crippen LogP contribution in [0.1, 0.15) is 48.9 Å². The van der Waals surface area contributed by atoms with Crippen molar-refractivity contribution >= 4 is 28.8 Å². The molecule has 0 unspecified atom stereocenters. The molecular formula is C27H26N2. The zero-order valence-electron chi connectivity index (χ0n) is 17.3. The predicted molar refractivity (Wildman–Crippen MR) is 125 cm³/mol. The van der Waals surface area contributed by atoms with Crippen LogP contribution >= 0.6 is 0 Å². The van der Waals surface area contributed by atoms with Gasteiger partial charge in [0, 0.05) is 5.69 Å². The van der Waals surface area contributed by atoms with Crippen LogP contribution in [0.15, 0.2) is 79.6 Å². The zero-order valence-corrected chi connectivity index (χ0v) is 17.3. The smallest absolute Gasteiger partial charge is 0.100 e. The van der Waals surface area contributed by atoms with Crippen molar-refractivity contribution in [3.63, 3.8) is 0 Å². The van der Waals surface area contributed by atoms with E-state index >= 15 is 0 Å². The van der Waals surface area contributed by atoms with E-state index in [1.165, 1.54) is 16.7 Å². The Hall–Kier alpha value is -3.39. The van der Waals surface area contributed by atoms with E-state index in [0.717, 1.165) is 27.9 Å². The second-order valence-electron chi connectivity index (χ2n) is 7.84. The first-order valence-corrected chi connectivity index (χ1v) is 10.0. The number of nitrogens with zero attached hydrogens (tertiary/aromatic N) is 2. The van der Waals surface area contributed by atoms with Gasteiger partial charge < -0.3 is 0 Å². The summed E-state index contributed by atoms with van der Waals surface area (Å²) in [5, 5.41) is 0. The van der Waals surface area contributed by atoms with Gasteiger partial charge in [0.15, 0.2) is 0 Å². The van der Waals surface area contributed by atoms with Gasteiger partial charge in [-0.15, -0.1) is 0 Å². The summed E-state index contributed by atoms with van der Waals surface area (Å²) >= 11 is 0. The minimum atomic E-state index is 0.537. The highest BCUT2D eigenvalue weighted by atomic mass is 15.0. The maximum atomic E-state index is 4.62. The number of allylic oxidation sites excluding steroid dienone is 1. The van der Waals surface area contributed by atoms with Crippen LogP contribution in [0.4, 0.5) is 0 Å². The quantitative estimate of drug-likeness (QED) is 0.332. The molecule has 4 aromatic rings. The van der Waals surface area contributed by atoms with Crippen LogP contribution in [0.3, 0.4) is 0 Å². The first kappa shape index (κ1) is 18.9. The molecule has 2 nitrogen and oxygen atoms in total. The SMILES string of the molecule is C=C(C)c1ccc(/C=C\c2ccc3c(c2)ncn3-c2ccc(C(C)C)cc2)cc1. The van der Waals surface area contributed by atoms with Crippen molar-refractivity contribution < 1.29 is 0 Å². The molecule has 0 fully saturated rings. The first-order valence-electron chi connectivity index (χ1n) is 10.0. The van der Waals surface area contributed by atoms with Crippen LogP contribution in [-0.4, -0.2) is 9.55 Å². The second kappa shape index (κ2) is 7.92. The molecule has 0 spiro atoms. The lowest BCUT2D eigenvalue weighted by molar-refractivity contribution is 0.865. The molecule has 3 aromatic carbocycles. The molecule has 0 saturated carbocycles. The molecule has 0 aliphatic rings. The van der Waals surface area contributed by atoms with Gasteiger partial charge in [-0.05, 0) is 59.4 Å². The van der Waals surface area contributed by atoms with Crippen molar-refractivity contribution in [3.8, 4) is 5.69 Å². The van der Waals surface area contributed by atoms with Crippen molar-refractivity contribution in [1.29, 1.82) is 0 Å². The summed E-state index contributed by atoms with van der Waals surface area (Å²) in [6.07, 6.45) is 6.16. The summed E-state index contributed by atoms with van der Waals surface area (Å²) in [4.78, 5) is 4.62. The van der Waals surface area contributed by atoms with Gasteiger partial charge >= 0.3 is 0 Å². The summed E-state index contributed by atoms with van der Waals surface area (Å²) < 4.78 is 2.14. The van der Waals surface area contributed by atoms with Gasteiger partial charge in [0.1, 0.15) is 6.33 Å². The van der Waals surface area contributed by atoms with Gasteiger partial charge in [-0.1, -0.05) is 80.6 Å². The lowest BCUT2D eigenvalue weighted by atomic mass is 10.0. The number of benzene rings is 3. The fraction of sp³-hybridized carbons (Fsp3) is 0.148.